The molecule has 0 unspecified atom stereocenters. The van der Waals surface area contributed by atoms with Gasteiger partial charge in [0.1, 0.15) is 0 Å². The predicted octanol–water partition coefficient (Wildman–Crippen LogP) is -0.00888. The molecule has 0 aromatic heterocycles. The molecule has 0 radical (unpaired) electrons. The van der Waals surface area contributed by atoms with Gasteiger partial charge in [0, 0.05) is 11.3 Å². The fourth-order valence-electron chi connectivity index (χ4n) is 1.16. The third kappa shape index (κ3) is 2.78. The maximum atomic E-state index is 11.0. The molecule has 1 aromatic rings. The van der Waals surface area contributed by atoms with Crippen molar-refractivity contribution in [3.63, 3.8) is 0 Å². The molecule has 0 bridgehead atoms. The summed E-state index contributed by atoms with van der Waals surface area (Å²) in [6.45, 7) is 1.70. The van der Waals surface area contributed by atoms with Crippen LogP contribution in [0.1, 0.15) is 15.9 Å². The van der Waals surface area contributed by atoms with E-state index in [0.29, 0.717) is 11.3 Å². The highest BCUT2D eigenvalue weighted by atomic mass is 16.2. The van der Waals surface area contributed by atoms with E-state index >= 15 is 0 Å². The number of nitrogens with one attached hydrogen (secondary N) is 1. The van der Waals surface area contributed by atoms with Gasteiger partial charge in [-0.25, -0.2) is 0 Å². The molecule has 80 valence electrons. The molecular formula is C10H13N3O2. The number of nitrogens with two attached hydrogens (primary N) is 2. The number of rotatable bonds is 3. The van der Waals surface area contributed by atoms with Crippen molar-refractivity contribution in [2.45, 2.75) is 6.92 Å². The summed E-state index contributed by atoms with van der Waals surface area (Å²) in [6, 6.07) is 4.80. The van der Waals surface area contributed by atoms with E-state index in [2.05, 4.69) is 5.32 Å². The minimum absolute atomic E-state index is 0.0724. The number of carbonyl (C=O) groups is 2. The van der Waals surface area contributed by atoms with Gasteiger partial charge in [-0.15, -0.1) is 0 Å². The minimum Gasteiger partial charge on any atom is -0.366 e. The van der Waals surface area contributed by atoms with Crippen LogP contribution in [0.3, 0.4) is 0 Å². The zero-order valence-electron chi connectivity index (χ0n) is 8.41. The first kappa shape index (κ1) is 11.2. The van der Waals surface area contributed by atoms with Gasteiger partial charge in [0.15, 0.2) is 0 Å². The van der Waals surface area contributed by atoms with Gasteiger partial charge in [0.05, 0.1) is 6.54 Å². The summed E-state index contributed by atoms with van der Waals surface area (Å²) >= 11 is 0. The van der Waals surface area contributed by atoms with E-state index in [1.54, 1.807) is 25.1 Å². The lowest BCUT2D eigenvalue weighted by atomic mass is 10.1. The molecule has 15 heavy (non-hydrogen) atoms. The van der Waals surface area contributed by atoms with Gasteiger partial charge in [0.2, 0.25) is 11.8 Å². The average molecular weight is 207 g/mol. The van der Waals surface area contributed by atoms with Crippen molar-refractivity contribution in [3.05, 3.63) is 29.3 Å². The Morgan fingerprint density at radius 2 is 2.07 bits per heavy atom. The molecule has 1 aromatic carbocycles. The van der Waals surface area contributed by atoms with Gasteiger partial charge in [-0.2, -0.15) is 0 Å². The normalized spacial score (nSPS) is 9.73. The van der Waals surface area contributed by atoms with Crippen molar-refractivity contribution >= 4 is 17.5 Å². The molecule has 0 heterocycles. The second-order valence-corrected chi connectivity index (χ2v) is 3.15. The molecule has 0 atom stereocenters. The topological polar surface area (TPSA) is 98.2 Å². The summed E-state index contributed by atoms with van der Waals surface area (Å²) in [7, 11) is 0. The van der Waals surface area contributed by atoms with Crippen LogP contribution in [0, 0.1) is 6.92 Å². The lowest BCUT2D eigenvalue weighted by molar-refractivity contribution is -0.114. The van der Waals surface area contributed by atoms with Crippen molar-refractivity contribution in [1.29, 1.82) is 0 Å². The predicted molar refractivity (Wildman–Crippen MR) is 57.4 cm³/mol. The Morgan fingerprint density at radius 3 is 2.53 bits per heavy atom. The number of anilines is 1. The maximum absolute atomic E-state index is 11.0. The molecule has 0 aliphatic rings. The SMILES string of the molecule is Cc1cc(C(N)=O)ccc1NC(=O)CN. The molecule has 0 aliphatic heterocycles. The summed E-state index contributed by atoms with van der Waals surface area (Å²) in [5, 5.41) is 2.61. The molecule has 5 nitrogen and oxygen atoms in total. The molecule has 2 amide bonds. The Morgan fingerprint density at radius 1 is 1.40 bits per heavy atom. The molecule has 5 heteroatoms. The summed E-state index contributed by atoms with van der Waals surface area (Å²) in [5.74, 6) is -0.764. The molecule has 0 saturated carbocycles. The lowest BCUT2D eigenvalue weighted by Gasteiger charge is -2.07. The van der Waals surface area contributed by atoms with Crippen LogP contribution in [0.5, 0.6) is 0 Å². The van der Waals surface area contributed by atoms with E-state index in [1.165, 1.54) is 0 Å². The number of benzene rings is 1. The van der Waals surface area contributed by atoms with E-state index in [4.69, 9.17) is 11.5 Å². The van der Waals surface area contributed by atoms with Gasteiger partial charge in [-0.05, 0) is 30.7 Å². The van der Waals surface area contributed by atoms with E-state index in [1.807, 2.05) is 0 Å². The van der Waals surface area contributed by atoms with Crippen molar-refractivity contribution in [2.24, 2.45) is 11.5 Å². The van der Waals surface area contributed by atoms with Gasteiger partial charge in [-0.3, -0.25) is 9.59 Å². The number of primary amides is 1. The number of aryl methyl sites for hydroxylation is 1. The summed E-state index contributed by atoms with van der Waals surface area (Å²) < 4.78 is 0. The van der Waals surface area contributed by atoms with Crippen LogP contribution in [0.4, 0.5) is 5.69 Å². The first-order valence-corrected chi connectivity index (χ1v) is 4.45. The highest BCUT2D eigenvalue weighted by Crippen LogP contribution is 2.15. The number of amides is 2. The third-order valence-electron chi connectivity index (χ3n) is 1.97. The fourth-order valence-corrected chi connectivity index (χ4v) is 1.16. The van der Waals surface area contributed by atoms with E-state index in [0.717, 1.165) is 5.56 Å². The van der Waals surface area contributed by atoms with Crippen LogP contribution >= 0.6 is 0 Å². The van der Waals surface area contributed by atoms with E-state index < -0.39 is 5.91 Å². The second-order valence-electron chi connectivity index (χ2n) is 3.15. The van der Waals surface area contributed by atoms with Crippen molar-refractivity contribution in [1.82, 2.24) is 0 Å². The summed E-state index contributed by atoms with van der Waals surface area (Å²) in [5.41, 5.74) is 12.1. The van der Waals surface area contributed by atoms with Crippen molar-refractivity contribution in [2.75, 3.05) is 11.9 Å². The first-order valence-electron chi connectivity index (χ1n) is 4.45. The van der Waals surface area contributed by atoms with Gasteiger partial charge < -0.3 is 16.8 Å². The molecule has 1 rings (SSSR count). The molecule has 0 saturated heterocycles. The average Bonchev–Trinajstić information content (AvgIpc) is 2.20. The maximum Gasteiger partial charge on any atom is 0.248 e. The van der Waals surface area contributed by atoms with Gasteiger partial charge in [0.25, 0.3) is 0 Å². The standard InChI is InChI=1S/C10H13N3O2/c1-6-4-7(10(12)15)2-3-8(6)13-9(14)5-11/h2-4H,5,11H2,1H3,(H2,12,15)(H,13,14). The first-order chi connectivity index (χ1) is 7.04. The van der Waals surface area contributed by atoms with Crippen LogP contribution in [-0.4, -0.2) is 18.4 Å². The number of carbonyl (C=O) groups excluding carboxylic acids is 2. The van der Waals surface area contributed by atoms with Crippen LogP contribution in [0.25, 0.3) is 0 Å². The Bertz CT molecular complexity index is 402. The third-order valence-corrected chi connectivity index (χ3v) is 1.97. The molecule has 0 aliphatic carbocycles. The fraction of sp³-hybridized carbons (Fsp3) is 0.200. The molecule has 5 N–H and O–H groups in total. The summed E-state index contributed by atoms with van der Waals surface area (Å²) in [4.78, 5) is 21.9. The monoisotopic (exact) mass is 207 g/mol. The van der Waals surface area contributed by atoms with E-state index in [9.17, 15) is 9.59 Å². The lowest BCUT2D eigenvalue weighted by Crippen LogP contribution is -2.22. The van der Waals surface area contributed by atoms with Crippen LogP contribution in [-0.2, 0) is 4.79 Å². The quantitative estimate of drug-likeness (QED) is 0.650. The molecular weight excluding hydrogens is 194 g/mol. The smallest absolute Gasteiger partial charge is 0.248 e. The highest BCUT2D eigenvalue weighted by Gasteiger charge is 2.05. The number of hydrogen-bond acceptors (Lipinski definition) is 3. The Balaban J connectivity index is 2.93. The second kappa shape index (κ2) is 4.56. The van der Waals surface area contributed by atoms with E-state index in [-0.39, 0.29) is 12.5 Å². The Kier molecular flexibility index (Phi) is 3.41. The van der Waals surface area contributed by atoms with Gasteiger partial charge >= 0.3 is 0 Å². The van der Waals surface area contributed by atoms with Gasteiger partial charge in [-0.1, -0.05) is 0 Å². The van der Waals surface area contributed by atoms with Crippen molar-refractivity contribution in [3.8, 4) is 0 Å². The largest absolute Gasteiger partial charge is 0.366 e. The summed E-state index contributed by atoms with van der Waals surface area (Å²) in [6.07, 6.45) is 0. The molecule has 0 fully saturated rings. The minimum atomic E-state index is -0.491. The zero-order valence-corrected chi connectivity index (χ0v) is 8.41. The Hall–Kier alpha value is -1.88. The van der Waals surface area contributed by atoms with Crippen LogP contribution in [0.15, 0.2) is 18.2 Å². The van der Waals surface area contributed by atoms with Crippen LogP contribution in [0.2, 0.25) is 0 Å². The molecule has 0 spiro atoms. The zero-order chi connectivity index (χ0) is 11.4. The highest BCUT2D eigenvalue weighted by molar-refractivity contribution is 5.96. The Labute approximate surface area is 87.4 Å². The van der Waals surface area contributed by atoms with Crippen molar-refractivity contribution < 1.29 is 9.59 Å². The number of hydrogen-bond donors (Lipinski definition) is 3. The van der Waals surface area contributed by atoms with Crippen LogP contribution < -0.4 is 16.8 Å².